The Kier molecular flexibility index (Phi) is 3.10. The molecule has 18 heavy (non-hydrogen) atoms. The number of halogens is 1. The predicted octanol–water partition coefficient (Wildman–Crippen LogP) is 4.01. The summed E-state index contributed by atoms with van der Waals surface area (Å²) in [7, 11) is 0. The smallest absolute Gasteiger partial charge is 0.248 e. The highest BCUT2D eigenvalue weighted by Gasteiger charge is 2.09. The molecular formula is C14H9IN2O. The third-order valence-corrected chi connectivity index (χ3v) is 3.19. The summed E-state index contributed by atoms with van der Waals surface area (Å²) in [5, 5.41) is 8.16. The lowest BCUT2D eigenvalue weighted by Gasteiger charge is -1.95. The van der Waals surface area contributed by atoms with Gasteiger partial charge in [-0.1, -0.05) is 24.3 Å². The highest BCUT2D eigenvalue weighted by molar-refractivity contribution is 14.1. The zero-order valence-electron chi connectivity index (χ0n) is 9.38. The maximum Gasteiger partial charge on any atom is 0.248 e. The minimum Gasteiger partial charge on any atom is -0.416 e. The summed E-state index contributed by atoms with van der Waals surface area (Å²) in [4.78, 5) is 0. The maximum absolute atomic E-state index is 5.69. The van der Waals surface area contributed by atoms with E-state index in [2.05, 4.69) is 32.8 Å². The number of hydrogen-bond donors (Lipinski definition) is 0. The van der Waals surface area contributed by atoms with Gasteiger partial charge in [-0.3, -0.25) is 0 Å². The number of nitrogens with zero attached hydrogens (tertiary/aromatic N) is 2. The van der Waals surface area contributed by atoms with Crippen molar-refractivity contribution in [2.24, 2.45) is 0 Å². The van der Waals surface area contributed by atoms with Crippen LogP contribution in [0.15, 0.2) is 59.0 Å². The molecule has 4 heteroatoms. The molecule has 1 heterocycles. The van der Waals surface area contributed by atoms with Crippen LogP contribution >= 0.6 is 22.6 Å². The first kappa shape index (κ1) is 11.4. The van der Waals surface area contributed by atoms with Crippen molar-refractivity contribution in [3.8, 4) is 22.9 Å². The minimum atomic E-state index is 0.546. The van der Waals surface area contributed by atoms with Crippen LogP contribution in [0.5, 0.6) is 0 Å². The molecule has 0 aliphatic carbocycles. The van der Waals surface area contributed by atoms with E-state index in [1.165, 1.54) is 0 Å². The monoisotopic (exact) mass is 348 g/mol. The van der Waals surface area contributed by atoms with Gasteiger partial charge in [-0.25, -0.2) is 0 Å². The zero-order valence-corrected chi connectivity index (χ0v) is 11.5. The fourth-order valence-corrected chi connectivity index (χ4v) is 2.20. The van der Waals surface area contributed by atoms with Crippen molar-refractivity contribution in [2.75, 3.05) is 0 Å². The highest BCUT2D eigenvalue weighted by Crippen LogP contribution is 2.24. The molecule has 3 aromatic rings. The third kappa shape index (κ3) is 2.28. The highest BCUT2D eigenvalue weighted by atomic mass is 127. The van der Waals surface area contributed by atoms with E-state index in [9.17, 15) is 0 Å². The van der Waals surface area contributed by atoms with Gasteiger partial charge in [-0.05, 0) is 52.9 Å². The van der Waals surface area contributed by atoms with Crippen LogP contribution < -0.4 is 0 Å². The van der Waals surface area contributed by atoms with Gasteiger partial charge >= 0.3 is 0 Å². The molecule has 0 amide bonds. The van der Waals surface area contributed by atoms with E-state index in [0.717, 1.165) is 14.7 Å². The van der Waals surface area contributed by atoms with Crippen LogP contribution in [-0.4, -0.2) is 10.2 Å². The molecule has 2 aromatic carbocycles. The molecular weight excluding hydrogens is 339 g/mol. The normalized spacial score (nSPS) is 10.5. The summed E-state index contributed by atoms with van der Waals surface area (Å²) >= 11 is 2.26. The van der Waals surface area contributed by atoms with Gasteiger partial charge < -0.3 is 4.42 Å². The van der Waals surface area contributed by atoms with E-state index in [0.29, 0.717) is 11.8 Å². The number of hydrogen-bond acceptors (Lipinski definition) is 3. The van der Waals surface area contributed by atoms with Gasteiger partial charge in [0.15, 0.2) is 0 Å². The van der Waals surface area contributed by atoms with E-state index in [1.807, 2.05) is 54.6 Å². The number of rotatable bonds is 2. The Morgan fingerprint density at radius 1 is 0.778 bits per heavy atom. The van der Waals surface area contributed by atoms with E-state index in [1.54, 1.807) is 0 Å². The van der Waals surface area contributed by atoms with E-state index < -0.39 is 0 Å². The molecule has 0 aliphatic heterocycles. The average molecular weight is 348 g/mol. The molecule has 3 rings (SSSR count). The van der Waals surface area contributed by atoms with E-state index in [4.69, 9.17) is 4.42 Å². The Bertz CT molecular complexity index is 664. The van der Waals surface area contributed by atoms with Crippen LogP contribution in [0, 0.1) is 3.57 Å². The summed E-state index contributed by atoms with van der Waals surface area (Å²) < 4.78 is 6.83. The molecule has 0 bridgehead atoms. The number of benzene rings is 2. The van der Waals surface area contributed by atoms with Crippen molar-refractivity contribution in [2.45, 2.75) is 0 Å². The lowest BCUT2D eigenvalue weighted by molar-refractivity contribution is 0.584. The molecule has 0 unspecified atom stereocenters. The van der Waals surface area contributed by atoms with Gasteiger partial charge in [-0.2, -0.15) is 0 Å². The van der Waals surface area contributed by atoms with Gasteiger partial charge in [0.2, 0.25) is 11.8 Å². The molecule has 0 atom stereocenters. The summed E-state index contributed by atoms with van der Waals surface area (Å²) in [5.41, 5.74) is 1.87. The van der Waals surface area contributed by atoms with E-state index >= 15 is 0 Å². The second-order valence-electron chi connectivity index (χ2n) is 3.79. The average Bonchev–Trinajstić information content (AvgIpc) is 2.89. The standard InChI is InChI=1S/C14H9IN2O/c15-12-8-4-7-11(9-12)14-17-16-13(18-14)10-5-2-1-3-6-10/h1-9H. The molecule has 3 nitrogen and oxygen atoms in total. The summed E-state index contributed by atoms with van der Waals surface area (Å²) in [6.07, 6.45) is 0. The molecule has 0 saturated heterocycles. The Labute approximate surface area is 118 Å². The maximum atomic E-state index is 5.69. The Morgan fingerprint density at radius 3 is 2.17 bits per heavy atom. The quantitative estimate of drug-likeness (QED) is 0.657. The second-order valence-corrected chi connectivity index (χ2v) is 5.03. The molecule has 0 N–H and O–H groups in total. The molecule has 0 radical (unpaired) electrons. The first-order chi connectivity index (χ1) is 8.83. The lowest BCUT2D eigenvalue weighted by atomic mass is 10.2. The first-order valence-electron chi connectivity index (χ1n) is 5.48. The van der Waals surface area contributed by atoms with Crippen molar-refractivity contribution in [1.29, 1.82) is 0 Å². The van der Waals surface area contributed by atoms with Crippen molar-refractivity contribution >= 4 is 22.6 Å². The van der Waals surface area contributed by atoms with Crippen LogP contribution in [0.3, 0.4) is 0 Å². The van der Waals surface area contributed by atoms with Gasteiger partial charge in [-0.15, -0.1) is 10.2 Å². The fourth-order valence-electron chi connectivity index (χ4n) is 1.66. The van der Waals surface area contributed by atoms with Crippen LogP contribution in [0.4, 0.5) is 0 Å². The largest absolute Gasteiger partial charge is 0.416 e. The Balaban J connectivity index is 2.00. The zero-order chi connectivity index (χ0) is 12.4. The van der Waals surface area contributed by atoms with E-state index in [-0.39, 0.29) is 0 Å². The van der Waals surface area contributed by atoms with Crippen molar-refractivity contribution in [3.05, 3.63) is 58.2 Å². The summed E-state index contributed by atoms with van der Waals surface area (Å²) in [5.74, 6) is 1.09. The lowest BCUT2D eigenvalue weighted by Crippen LogP contribution is -1.78. The minimum absolute atomic E-state index is 0.546. The Morgan fingerprint density at radius 2 is 1.44 bits per heavy atom. The Hall–Kier alpha value is -1.69. The summed E-state index contributed by atoms with van der Waals surface area (Å²) in [6, 6.07) is 17.7. The summed E-state index contributed by atoms with van der Waals surface area (Å²) in [6.45, 7) is 0. The topological polar surface area (TPSA) is 38.9 Å². The fraction of sp³-hybridized carbons (Fsp3) is 0. The van der Waals surface area contributed by atoms with Crippen LogP contribution in [0.2, 0.25) is 0 Å². The third-order valence-electron chi connectivity index (χ3n) is 2.52. The van der Waals surface area contributed by atoms with Gasteiger partial charge in [0, 0.05) is 14.7 Å². The molecule has 0 saturated carbocycles. The van der Waals surface area contributed by atoms with Crippen LogP contribution in [-0.2, 0) is 0 Å². The van der Waals surface area contributed by atoms with Crippen molar-refractivity contribution < 1.29 is 4.42 Å². The predicted molar refractivity (Wildman–Crippen MR) is 77.9 cm³/mol. The first-order valence-corrected chi connectivity index (χ1v) is 6.56. The van der Waals surface area contributed by atoms with Crippen LogP contribution in [0.25, 0.3) is 22.9 Å². The number of aromatic nitrogens is 2. The van der Waals surface area contributed by atoms with Gasteiger partial charge in [0.25, 0.3) is 0 Å². The van der Waals surface area contributed by atoms with Gasteiger partial charge in [0.05, 0.1) is 0 Å². The molecule has 0 fully saturated rings. The van der Waals surface area contributed by atoms with Crippen molar-refractivity contribution in [3.63, 3.8) is 0 Å². The molecule has 1 aromatic heterocycles. The SMILES string of the molecule is Ic1cccc(-c2nnc(-c3ccccc3)o2)c1. The van der Waals surface area contributed by atoms with Crippen molar-refractivity contribution in [1.82, 2.24) is 10.2 Å². The molecule has 88 valence electrons. The van der Waals surface area contributed by atoms with Gasteiger partial charge in [0.1, 0.15) is 0 Å². The molecule has 0 spiro atoms. The molecule has 0 aliphatic rings. The second kappa shape index (κ2) is 4.89. The van der Waals surface area contributed by atoms with Crippen LogP contribution in [0.1, 0.15) is 0 Å².